The number of benzene rings is 1. The standard InChI is InChI=1S/C8H8N2O.ClH/c1-11-7-3-2-6-5-9-10-8(6)4-7;/h2-5H,1H3,(H,9,10);1H. The van der Waals surface area contributed by atoms with E-state index in [0.717, 1.165) is 16.7 Å². The van der Waals surface area contributed by atoms with Gasteiger partial charge in [0, 0.05) is 11.5 Å². The maximum absolute atomic E-state index is 5.04. The summed E-state index contributed by atoms with van der Waals surface area (Å²) < 4.78 is 5.04. The molecule has 1 aromatic carbocycles. The van der Waals surface area contributed by atoms with Crippen LogP contribution >= 0.6 is 12.4 Å². The molecule has 0 atom stereocenters. The minimum Gasteiger partial charge on any atom is -0.497 e. The molecule has 0 bridgehead atoms. The van der Waals surface area contributed by atoms with Gasteiger partial charge in [0.05, 0.1) is 18.8 Å². The molecule has 1 N–H and O–H groups in total. The first-order valence-electron chi connectivity index (χ1n) is 3.37. The highest BCUT2D eigenvalue weighted by Crippen LogP contribution is 2.17. The highest BCUT2D eigenvalue weighted by Gasteiger charge is 1.95. The first kappa shape index (κ1) is 8.87. The third-order valence-electron chi connectivity index (χ3n) is 1.65. The lowest BCUT2D eigenvalue weighted by Crippen LogP contribution is -1.80. The molecular formula is C8H9ClN2O. The zero-order valence-corrected chi connectivity index (χ0v) is 7.39. The van der Waals surface area contributed by atoms with Crippen molar-refractivity contribution in [1.29, 1.82) is 0 Å². The molecule has 0 radical (unpaired) electrons. The quantitative estimate of drug-likeness (QED) is 0.736. The molecule has 3 nitrogen and oxygen atoms in total. The number of aromatic amines is 1. The molecule has 0 fully saturated rings. The zero-order chi connectivity index (χ0) is 7.68. The molecule has 1 aromatic heterocycles. The summed E-state index contributed by atoms with van der Waals surface area (Å²) in [5, 5.41) is 7.86. The van der Waals surface area contributed by atoms with E-state index in [0.29, 0.717) is 0 Å². The molecule has 1 heterocycles. The molecule has 2 rings (SSSR count). The molecule has 0 aliphatic rings. The molecule has 0 saturated heterocycles. The number of rotatable bonds is 1. The fourth-order valence-electron chi connectivity index (χ4n) is 1.04. The number of ether oxygens (including phenoxy) is 1. The minimum absolute atomic E-state index is 0. The van der Waals surface area contributed by atoms with Crippen LogP contribution in [-0.4, -0.2) is 17.3 Å². The summed E-state index contributed by atoms with van der Waals surface area (Å²) in [6.07, 6.45) is 1.79. The van der Waals surface area contributed by atoms with Crippen LogP contribution in [0.5, 0.6) is 5.75 Å². The molecular weight excluding hydrogens is 176 g/mol. The first-order chi connectivity index (χ1) is 5.40. The van der Waals surface area contributed by atoms with Gasteiger partial charge >= 0.3 is 0 Å². The van der Waals surface area contributed by atoms with Crippen LogP contribution in [0, 0.1) is 0 Å². The molecule has 12 heavy (non-hydrogen) atoms. The lowest BCUT2D eigenvalue weighted by molar-refractivity contribution is 0.415. The zero-order valence-electron chi connectivity index (χ0n) is 6.57. The molecule has 0 unspecified atom stereocenters. The van der Waals surface area contributed by atoms with Crippen LogP contribution in [0.15, 0.2) is 24.4 Å². The van der Waals surface area contributed by atoms with E-state index in [1.807, 2.05) is 18.2 Å². The van der Waals surface area contributed by atoms with E-state index in [2.05, 4.69) is 10.2 Å². The van der Waals surface area contributed by atoms with Crippen molar-refractivity contribution < 1.29 is 4.74 Å². The predicted octanol–water partition coefficient (Wildman–Crippen LogP) is 1.99. The monoisotopic (exact) mass is 184 g/mol. The van der Waals surface area contributed by atoms with E-state index in [1.54, 1.807) is 13.3 Å². The van der Waals surface area contributed by atoms with Gasteiger partial charge in [-0.1, -0.05) is 0 Å². The summed E-state index contributed by atoms with van der Waals surface area (Å²) in [4.78, 5) is 0. The fraction of sp³-hybridized carbons (Fsp3) is 0.125. The van der Waals surface area contributed by atoms with Gasteiger partial charge in [-0.2, -0.15) is 5.10 Å². The van der Waals surface area contributed by atoms with Crippen molar-refractivity contribution in [3.05, 3.63) is 24.4 Å². The molecule has 0 aliphatic heterocycles. The number of aromatic nitrogens is 2. The van der Waals surface area contributed by atoms with Gasteiger partial charge < -0.3 is 4.74 Å². The van der Waals surface area contributed by atoms with Crippen LogP contribution in [0.3, 0.4) is 0 Å². The smallest absolute Gasteiger partial charge is 0.121 e. The maximum Gasteiger partial charge on any atom is 0.121 e. The Hall–Kier alpha value is -1.22. The number of H-pyrrole nitrogens is 1. The Balaban J connectivity index is 0.000000720. The van der Waals surface area contributed by atoms with Crippen molar-refractivity contribution in [2.45, 2.75) is 0 Å². The molecule has 0 spiro atoms. The Morgan fingerprint density at radius 2 is 2.25 bits per heavy atom. The van der Waals surface area contributed by atoms with Crippen LogP contribution in [0.25, 0.3) is 10.9 Å². The molecule has 0 amide bonds. The van der Waals surface area contributed by atoms with Gasteiger partial charge in [0.15, 0.2) is 0 Å². The number of nitrogens with one attached hydrogen (secondary N) is 1. The molecule has 4 heteroatoms. The Bertz CT molecular complexity index is 372. The maximum atomic E-state index is 5.04. The number of halogens is 1. The topological polar surface area (TPSA) is 37.9 Å². The second-order valence-corrected chi connectivity index (χ2v) is 2.32. The summed E-state index contributed by atoms with van der Waals surface area (Å²) in [6, 6.07) is 5.80. The average Bonchev–Trinajstić information content (AvgIpc) is 2.50. The Morgan fingerprint density at radius 1 is 1.42 bits per heavy atom. The van der Waals surface area contributed by atoms with Gasteiger partial charge in [-0.25, -0.2) is 0 Å². The van der Waals surface area contributed by atoms with Crippen molar-refractivity contribution in [2.75, 3.05) is 7.11 Å². The predicted molar refractivity (Wildman–Crippen MR) is 49.9 cm³/mol. The van der Waals surface area contributed by atoms with Crippen molar-refractivity contribution in [2.24, 2.45) is 0 Å². The summed E-state index contributed by atoms with van der Waals surface area (Å²) in [5.41, 5.74) is 1.00. The largest absolute Gasteiger partial charge is 0.497 e. The van der Waals surface area contributed by atoms with Crippen LogP contribution in [0.2, 0.25) is 0 Å². The third kappa shape index (κ3) is 1.36. The lowest BCUT2D eigenvalue weighted by Gasteiger charge is -1.96. The highest BCUT2D eigenvalue weighted by molar-refractivity contribution is 5.85. The van der Waals surface area contributed by atoms with Crippen LogP contribution in [-0.2, 0) is 0 Å². The first-order valence-corrected chi connectivity index (χ1v) is 3.37. The SMILES string of the molecule is COc1ccc2cn[nH]c2c1.Cl. The van der Waals surface area contributed by atoms with E-state index in [9.17, 15) is 0 Å². The fourth-order valence-corrected chi connectivity index (χ4v) is 1.04. The number of methoxy groups -OCH3 is 1. The molecule has 0 saturated carbocycles. The van der Waals surface area contributed by atoms with Crippen LogP contribution < -0.4 is 4.74 Å². The van der Waals surface area contributed by atoms with Crippen molar-refractivity contribution in [3.8, 4) is 5.75 Å². The summed E-state index contributed by atoms with van der Waals surface area (Å²) in [7, 11) is 1.65. The summed E-state index contributed by atoms with van der Waals surface area (Å²) in [6.45, 7) is 0. The summed E-state index contributed by atoms with van der Waals surface area (Å²) >= 11 is 0. The average molecular weight is 185 g/mol. The Morgan fingerprint density at radius 3 is 3.00 bits per heavy atom. The minimum atomic E-state index is 0. The second kappa shape index (κ2) is 3.45. The van der Waals surface area contributed by atoms with Gasteiger partial charge in [-0.3, -0.25) is 5.10 Å². The Labute approximate surface area is 76.1 Å². The van der Waals surface area contributed by atoms with Crippen molar-refractivity contribution in [1.82, 2.24) is 10.2 Å². The van der Waals surface area contributed by atoms with Gasteiger partial charge in [-0.05, 0) is 12.1 Å². The van der Waals surface area contributed by atoms with E-state index in [-0.39, 0.29) is 12.4 Å². The third-order valence-corrected chi connectivity index (χ3v) is 1.65. The van der Waals surface area contributed by atoms with Crippen LogP contribution in [0.4, 0.5) is 0 Å². The number of hydrogen-bond acceptors (Lipinski definition) is 2. The van der Waals surface area contributed by atoms with Crippen molar-refractivity contribution >= 4 is 23.3 Å². The normalized spacial score (nSPS) is 9.42. The molecule has 0 aliphatic carbocycles. The summed E-state index contributed by atoms with van der Waals surface area (Å²) in [5.74, 6) is 0.849. The van der Waals surface area contributed by atoms with Gasteiger partial charge in [0.25, 0.3) is 0 Å². The van der Waals surface area contributed by atoms with Crippen LogP contribution in [0.1, 0.15) is 0 Å². The van der Waals surface area contributed by atoms with E-state index < -0.39 is 0 Å². The lowest BCUT2D eigenvalue weighted by atomic mass is 10.2. The highest BCUT2D eigenvalue weighted by atomic mass is 35.5. The molecule has 2 aromatic rings. The number of hydrogen-bond donors (Lipinski definition) is 1. The van der Waals surface area contributed by atoms with Gasteiger partial charge in [0.1, 0.15) is 5.75 Å². The number of fused-ring (bicyclic) bond motifs is 1. The van der Waals surface area contributed by atoms with Gasteiger partial charge in [-0.15, -0.1) is 12.4 Å². The van der Waals surface area contributed by atoms with Crippen molar-refractivity contribution in [3.63, 3.8) is 0 Å². The van der Waals surface area contributed by atoms with E-state index >= 15 is 0 Å². The second-order valence-electron chi connectivity index (χ2n) is 2.32. The van der Waals surface area contributed by atoms with E-state index in [1.165, 1.54) is 0 Å². The Kier molecular flexibility index (Phi) is 2.55. The van der Waals surface area contributed by atoms with E-state index in [4.69, 9.17) is 4.74 Å². The van der Waals surface area contributed by atoms with Gasteiger partial charge in [0.2, 0.25) is 0 Å². The number of nitrogens with zero attached hydrogens (tertiary/aromatic N) is 1. The molecule has 64 valence electrons.